The van der Waals surface area contributed by atoms with Crippen LogP contribution in [-0.4, -0.2) is 15.7 Å². The molecular weight excluding hydrogens is 216 g/mol. The molecule has 0 bridgehead atoms. The molecule has 1 N–H and O–H groups in total. The Bertz CT molecular complexity index is 522. The Balaban J connectivity index is 2.06. The van der Waals surface area contributed by atoms with Gasteiger partial charge in [-0.25, -0.2) is 4.98 Å². The number of terminal acetylenes is 1. The van der Waals surface area contributed by atoms with Gasteiger partial charge in [-0.2, -0.15) is 0 Å². The van der Waals surface area contributed by atoms with Crippen LogP contribution in [0.4, 0.5) is 0 Å². The lowest BCUT2D eigenvalue weighted by Crippen LogP contribution is -1.80. The summed E-state index contributed by atoms with van der Waals surface area (Å²) in [5, 5.41) is 0.984. The number of hydrogen-bond acceptors (Lipinski definition) is 2. The highest BCUT2D eigenvalue weighted by Gasteiger charge is 2.02. The molecule has 0 atom stereocenters. The largest absolute Gasteiger partial charge is 0.333 e. The minimum atomic E-state index is 0.840. The Kier molecular flexibility index (Phi) is 3.53. The summed E-state index contributed by atoms with van der Waals surface area (Å²) in [4.78, 5) is 7.82. The Morgan fingerprint density at radius 2 is 2.38 bits per heavy atom. The molecule has 2 aromatic rings. The van der Waals surface area contributed by atoms with Gasteiger partial charge < -0.3 is 4.98 Å². The zero-order valence-electron chi connectivity index (χ0n) is 9.29. The standard InChI is InChI=1S/C13H14N2S/c1-3-4-5-8-16-13-14-11-7-6-10(2)9-12(11)15-13/h1,6-7,9H,4-5,8H2,2H3,(H,14,15). The third kappa shape index (κ3) is 2.59. The number of aromatic amines is 1. The summed E-state index contributed by atoms with van der Waals surface area (Å²) >= 11 is 1.73. The van der Waals surface area contributed by atoms with E-state index in [4.69, 9.17) is 6.42 Å². The van der Waals surface area contributed by atoms with Crippen LogP contribution in [0.3, 0.4) is 0 Å². The van der Waals surface area contributed by atoms with Crippen LogP contribution in [0.2, 0.25) is 0 Å². The molecule has 2 nitrogen and oxygen atoms in total. The van der Waals surface area contributed by atoms with Crippen LogP contribution >= 0.6 is 11.8 Å². The van der Waals surface area contributed by atoms with Gasteiger partial charge in [0.2, 0.25) is 0 Å². The molecule has 0 radical (unpaired) electrons. The van der Waals surface area contributed by atoms with E-state index in [9.17, 15) is 0 Å². The van der Waals surface area contributed by atoms with Crippen LogP contribution in [0.25, 0.3) is 11.0 Å². The molecule has 1 aromatic carbocycles. The van der Waals surface area contributed by atoms with E-state index in [0.29, 0.717) is 0 Å². The Morgan fingerprint density at radius 3 is 3.19 bits per heavy atom. The minimum absolute atomic E-state index is 0.840. The van der Waals surface area contributed by atoms with Gasteiger partial charge in [0.1, 0.15) is 0 Å². The smallest absolute Gasteiger partial charge is 0.166 e. The number of fused-ring (bicyclic) bond motifs is 1. The molecule has 0 saturated carbocycles. The van der Waals surface area contributed by atoms with E-state index >= 15 is 0 Å². The second-order valence-electron chi connectivity index (χ2n) is 3.72. The van der Waals surface area contributed by atoms with Gasteiger partial charge in [0, 0.05) is 12.2 Å². The maximum atomic E-state index is 5.20. The average Bonchev–Trinajstić information content (AvgIpc) is 2.66. The fraction of sp³-hybridized carbons (Fsp3) is 0.308. The molecule has 1 heterocycles. The Labute approximate surface area is 99.9 Å². The van der Waals surface area contributed by atoms with Crippen molar-refractivity contribution in [2.24, 2.45) is 0 Å². The molecule has 0 amide bonds. The number of nitrogens with one attached hydrogen (secondary N) is 1. The maximum absolute atomic E-state index is 5.20. The fourth-order valence-corrected chi connectivity index (χ4v) is 2.34. The van der Waals surface area contributed by atoms with Crippen molar-refractivity contribution in [1.82, 2.24) is 9.97 Å². The zero-order valence-corrected chi connectivity index (χ0v) is 10.1. The maximum Gasteiger partial charge on any atom is 0.166 e. The first-order valence-corrected chi connectivity index (χ1v) is 6.31. The highest BCUT2D eigenvalue weighted by molar-refractivity contribution is 7.99. The van der Waals surface area contributed by atoms with E-state index < -0.39 is 0 Å². The zero-order chi connectivity index (χ0) is 11.4. The molecule has 0 aliphatic carbocycles. The van der Waals surface area contributed by atoms with E-state index in [1.807, 2.05) is 6.07 Å². The molecule has 0 fully saturated rings. The first kappa shape index (κ1) is 11.1. The van der Waals surface area contributed by atoms with Crippen LogP contribution < -0.4 is 0 Å². The van der Waals surface area contributed by atoms with Gasteiger partial charge in [0.15, 0.2) is 5.16 Å². The van der Waals surface area contributed by atoms with Gasteiger partial charge >= 0.3 is 0 Å². The lowest BCUT2D eigenvalue weighted by molar-refractivity contribution is 0.986. The topological polar surface area (TPSA) is 28.7 Å². The summed E-state index contributed by atoms with van der Waals surface area (Å²) in [6, 6.07) is 6.25. The first-order valence-electron chi connectivity index (χ1n) is 5.32. The molecule has 0 saturated heterocycles. The highest BCUT2D eigenvalue weighted by Crippen LogP contribution is 2.20. The van der Waals surface area contributed by atoms with E-state index in [-0.39, 0.29) is 0 Å². The molecule has 1 aromatic heterocycles. The van der Waals surface area contributed by atoms with Crippen LogP contribution in [0, 0.1) is 19.3 Å². The number of nitrogens with zero attached hydrogens (tertiary/aromatic N) is 1. The predicted octanol–water partition coefficient (Wildman–Crippen LogP) is 3.38. The first-order chi connectivity index (χ1) is 7.79. The molecule has 82 valence electrons. The molecule has 3 heteroatoms. The van der Waals surface area contributed by atoms with Crippen LogP contribution in [-0.2, 0) is 0 Å². The molecule has 0 spiro atoms. The van der Waals surface area contributed by atoms with E-state index in [0.717, 1.165) is 34.8 Å². The summed E-state index contributed by atoms with van der Waals surface area (Å²) in [6.07, 6.45) is 7.08. The van der Waals surface area contributed by atoms with Crippen molar-refractivity contribution in [1.29, 1.82) is 0 Å². The van der Waals surface area contributed by atoms with Crippen LogP contribution in [0.5, 0.6) is 0 Å². The summed E-state index contributed by atoms with van der Waals surface area (Å²) < 4.78 is 0. The Morgan fingerprint density at radius 1 is 1.50 bits per heavy atom. The summed E-state index contributed by atoms with van der Waals surface area (Å²) in [7, 11) is 0. The number of hydrogen-bond donors (Lipinski definition) is 1. The van der Waals surface area contributed by atoms with Crippen molar-refractivity contribution in [2.45, 2.75) is 24.9 Å². The summed E-state index contributed by atoms with van der Waals surface area (Å²) in [5.74, 6) is 3.66. The van der Waals surface area contributed by atoms with Gasteiger partial charge in [-0.1, -0.05) is 17.8 Å². The number of aromatic nitrogens is 2. The SMILES string of the molecule is C#CCCCSc1nc2ccc(C)cc2[nH]1. The predicted molar refractivity (Wildman–Crippen MR) is 69.6 cm³/mol. The highest BCUT2D eigenvalue weighted by atomic mass is 32.2. The molecule has 16 heavy (non-hydrogen) atoms. The summed E-state index contributed by atoms with van der Waals surface area (Å²) in [6.45, 7) is 2.08. The third-order valence-corrected chi connectivity index (χ3v) is 3.28. The quantitative estimate of drug-likeness (QED) is 0.495. The van der Waals surface area contributed by atoms with E-state index in [1.54, 1.807) is 11.8 Å². The van der Waals surface area contributed by atoms with Crippen molar-refractivity contribution < 1.29 is 0 Å². The molecule has 0 unspecified atom stereocenters. The van der Waals surface area contributed by atoms with E-state index in [1.165, 1.54) is 5.56 Å². The van der Waals surface area contributed by atoms with Gasteiger partial charge in [-0.05, 0) is 31.0 Å². The minimum Gasteiger partial charge on any atom is -0.333 e. The van der Waals surface area contributed by atoms with Gasteiger partial charge in [0.25, 0.3) is 0 Å². The second kappa shape index (κ2) is 5.09. The number of benzene rings is 1. The lowest BCUT2D eigenvalue weighted by Gasteiger charge is -1.93. The Hall–Kier alpha value is -1.40. The van der Waals surface area contributed by atoms with Crippen LogP contribution in [0.1, 0.15) is 18.4 Å². The van der Waals surface area contributed by atoms with Crippen molar-refractivity contribution in [3.05, 3.63) is 23.8 Å². The average molecular weight is 230 g/mol. The lowest BCUT2D eigenvalue weighted by atomic mass is 10.2. The second-order valence-corrected chi connectivity index (χ2v) is 4.80. The van der Waals surface area contributed by atoms with Crippen molar-refractivity contribution in [2.75, 3.05) is 5.75 Å². The molecule has 0 aliphatic rings. The van der Waals surface area contributed by atoms with Crippen molar-refractivity contribution in [3.8, 4) is 12.3 Å². The third-order valence-electron chi connectivity index (χ3n) is 2.32. The van der Waals surface area contributed by atoms with Gasteiger partial charge in [0.05, 0.1) is 11.0 Å². The monoisotopic (exact) mass is 230 g/mol. The molecule has 2 rings (SSSR count). The summed E-state index contributed by atoms with van der Waals surface area (Å²) in [5.41, 5.74) is 3.39. The number of H-pyrrole nitrogens is 1. The fourth-order valence-electron chi connectivity index (χ4n) is 1.51. The van der Waals surface area contributed by atoms with E-state index in [2.05, 4.69) is 34.9 Å². The number of imidazole rings is 1. The number of rotatable bonds is 4. The van der Waals surface area contributed by atoms with Crippen molar-refractivity contribution in [3.63, 3.8) is 0 Å². The van der Waals surface area contributed by atoms with Crippen LogP contribution in [0.15, 0.2) is 23.4 Å². The number of thioether (sulfide) groups is 1. The molecule has 0 aliphatic heterocycles. The van der Waals surface area contributed by atoms with Gasteiger partial charge in [-0.3, -0.25) is 0 Å². The normalized spacial score (nSPS) is 10.5. The number of aryl methyl sites for hydroxylation is 1. The molecular formula is C13H14N2S. The number of unbranched alkanes of at least 4 members (excludes halogenated alkanes) is 1. The van der Waals surface area contributed by atoms with Crippen molar-refractivity contribution >= 4 is 22.8 Å². The van der Waals surface area contributed by atoms with Gasteiger partial charge in [-0.15, -0.1) is 12.3 Å².